The van der Waals surface area contributed by atoms with E-state index in [0.29, 0.717) is 16.8 Å². The summed E-state index contributed by atoms with van der Waals surface area (Å²) in [7, 11) is 0. The molecular weight excluding hydrogens is 254 g/mol. The first-order chi connectivity index (χ1) is 9.63. The van der Waals surface area contributed by atoms with Crippen molar-refractivity contribution in [2.45, 2.75) is 12.8 Å². The fourth-order valence-electron chi connectivity index (χ4n) is 1.98. The molecule has 0 amide bonds. The predicted molar refractivity (Wildman–Crippen MR) is 76.4 cm³/mol. The van der Waals surface area contributed by atoms with Crippen LogP contribution in [0.25, 0.3) is 0 Å². The molecule has 1 atom stereocenters. The maximum absolute atomic E-state index is 11.0. The highest BCUT2D eigenvalue weighted by atomic mass is 16.4. The van der Waals surface area contributed by atoms with Gasteiger partial charge >= 0.3 is 5.97 Å². The summed E-state index contributed by atoms with van der Waals surface area (Å²) in [5, 5.41) is 21.6. The number of carbonyl (C=O) groups is 1. The second-order valence-electron chi connectivity index (χ2n) is 4.50. The molecule has 0 heterocycles. The zero-order chi connectivity index (χ0) is 14.5. The lowest BCUT2D eigenvalue weighted by atomic mass is 9.95. The zero-order valence-electron chi connectivity index (χ0n) is 11.0. The first kappa shape index (κ1) is 13.8. The molecular formula is C16H15NO3. The van der Waals surface area contributed by atoms with Gasteiger partial charge in [0.1, 0.15) is 5.71 Å². The Labute approximate surface area is 117 Å². The molecule has 102 valence electrons. The lowest BCUT2D eigenvalue weighted by Crippen LogP contribution is -2.09. The Kier molecular flexibility index (Phi) is 4.15. The number of rotatable bonds is 4. The molecule has 0 spiro atoms. The van der Waals surface area contributed by atoms with Gasteiger partial charge < -0.3 is 10.3 Å². The third kappa shape index (κ3) is 2.85. The quantitative estimate of drug-likeness (QED) is 0.509. The minimum absolute atomic E-state index is 0.421. The number of benzene rings is 2. The van der Waals surface area contributed by atoms with Crippen LogP contribution in [0.3, 0.4) is 0 Å². The second-order valence-corrected chi connectivity index (χ2v) is 4.50. The van der Waals surface area contributed by atoms with Gasteiger partial charge in [0.05, 0.1) is 5.92 Å². The molecule has 1 unspecified atom stereocenters. The standard InChI is InChI=1S/C16H15NO3/c1-11(16(18)19)13-8-5-9-14(10-13)15(17-20)12-6-3-2-4-7-12/h2-11,20H,1H3,(H,18,19)/b17-15+. The van der Waals surface area contributed by atoms with Gasteiger partial charge in [-0.15, -0.1) is 0 Å². The Balaban J connectivity index is 2.42. The number of aliphatic carboxylic acids is 1. The van der Waals surface area contributed by atoms with E-state index >= 15 is 0 Å². The second kappa shape index (κ2) is 6.02. The van der Waals surface area contributed by atoms with Crippen molar-refractivity contribution in [3.8, 4) is 0 Å². The Morgan fingerprint density at radius 3 is 2.30 bits per heavy atom. The van der Waals surface area contributed by atoms with E-state index in [9.17, 15) is 10.0 Å². The fraction of sp³-hybridized carbons (Fsp3) is 0.125. The number of carboxylic acid groups (broad SMARTS) is 1. The monoisotopic (exact) mass is 269 g/mol. The number of hydrogen-bond donors (Lipinski definition) is 2. The van der Waals surface area contributed by atoms with Crippen molar-refractivity contribution in [3.63, 3.8) is 0 Å². The number of carboxylic acids is 1. The van der Waals surface area contributed by atoms with Gasteiger partial charge in [-0.3, -0.25) is 4.79 Å². The van der Waals surface area contributed by atoms with E-state index in [2.05, 4.69) is 5.16 Å². The summed E-state index contributed by atoms with van der Waals surface area (Å²) in [6.45, 7) is 1.62. The van der Waals surface area contributed by atoms with Crippen molar-refractivity contribution in [2.75, 3.05) is 0 Å². The van der Waals surface area contributed by atoms with Gasteiger partial charge in [-0.1, -0.05) is 53.7 Å². The van der Waals surface area contributed by atoms with Gasteiger partial charge in [0.2, 0.25) is 0 Å². The van der Waals surface area contributed by atoms with Crippen LogP contribution in [0.15, 0.2) is 59.8 Å². The summed E-state index contributed by atoms with van der Waals surface area (Å²) in [5.41, 5.74) is 2.55. The minimum atomic E-state index is -0.885. The molecule has 2 aromatic carbocycles. The van der Waals surface area contributed by atoms with E-state index < -0.39 is 11.9 Å². The van der Waals surface area contributed by atoms with Crippen LogP contribution in [0.5, 0.6) is 0 Å². The van der Waals surface area contributed by atoms with Crippen LogP contribution in [0.4, 0.5) is 0 Å². The number of oxime groups is 1. The third-order valence-corrected chi connectivity index (χ3v) is 3.18. The van der Waals surface area contributed by atoms with Crippen molar-refractivity contribution >= 4 is 11.7 Å². The molecule has 2 aromatic rings. The molecule has 4 nitrogen and oxygen atoms in total. The van der Waals surface area contributed by atoms with Crippen LogP contribution in [0.1, 0.15) is 29.5 Å². The van der Waals surface area contributed by atoms with Crippen molar-refractivity contribution in [1.29, 1.82) is 0 Å². The first-order valence-corrected chi connectivity index (χ1v) is 6.24. The first-order valence-electron chi connectivity index (χ1n) is 6.24. The van der Waals surface area contributed by atoms with E-state index in [1.54, 1.807) is 31.2 Å². The largest absolute Gasteiger partial charge is 0.481 e. The number of nitrogens with zero attached hydrogens (tertiary/aromatic N) is 1. The van der Waals surface area contributed by atoms with Gasteiger partial charge in [0.15, 0.2) is 0 Å². The SMILES string of the molecule is CC(C(=O)O)c1cccc(/C(=N/O)c2ccccc2)c1. The molecule has 0 saturated heterocycles. The van der Waals surface area contributed by atoms with Gasteiger partial charge in [0.25, 0.3) is 0 Å². The average molecular weight is 269 g/mol. The highest BCUT2D eigenvalue weighted by molar-refractivity contribution is 6.12. The average Bonchev–Trinajstić information content (AvgIpc) is 2.48. The molecule has 20 heavy (non-hydrogen) atoms. The minimum Gasteiger partial charge on any atom is -0.481 e. The van der Waals surface area contributed by atoms with Gasteiger partial charge in [-0.25, -0.2) is 0 Å². The molecule has 0 radical (unpaired) electrons. The lowest BCUT2D eigenvalue weighted by Gasteiger charge is -2.10. The molecule has 0 aliphatic rings. The lowest BCUT2D eigenvalue weighted by molar-refractivity contribution is -0.138. The van der Waals surface area contributed by atoms with Crippen LogP contribution in [-0.2, 0) is 4.79 Å². The Hall–Kier alpha value is -2.62. The summed E-state index contributed by atoms with van der Waals surface area (Å²) in [4.78, 5) is 11.0. The van der Waals surface area contributed by atoms with Crippen LogP contribution in [-0.4, -0.2) is 22.0 Å². The zero-order valence-corrected chi connectivity index (χ0v) is 11.0. The summed E-state index contributed by atoms with van der Waals surface area (Å²) in [5.74, 6) is -1.49. The number of hydrogen-bond acceptors (Lipinski definition) is 3. The normalized spacial score (nSPS) is 12.9. The van der Waals surface area contributed by atoms with E-state index in [4.69, 9.17) is 5.11 Å². The molecule has 2 N–H and O–H groups in total. The van der Waals surface area contributed by atoms with Crippen LogP contribution in [0, 0.1) is 0 Å². The predicted octanol–water partition coefficient (Wildman–Crippen LogP) is 3.10. The Morgan fingerprint density at radius 2 is 1.70 bits per heavy atom. The molecule has 0 aliphatic carbocycles. The van der Waals surface area contributed by atoms with Gasteiger partial charge in [-0.2, -0.15) is 0 Å². The summed E-state index contributed by atoms with van der Waals surface area (Å²) in [6, 6.07) is 16.3. The molecule has 0 aromatic heterocycles. The van der Waals surface area contributed by atoms with Crippen molar-refractivity contribution in [1.82, 2.24) is 0 Å². The summed E-state index contributed by atoms with van der Waals surface area (Å²) >= 11 is 0. The maximum atomic E-state index is 11.0. The third-order valence-electron chi connectivity index (χ3n) is 3.18. The van der Waals surface area contributed by atoms with Crippen molar-refractivity contribution < 1.29 is 15.1 Å². The molecule has 4 heteroatoms. The van der Waals surface area contributed by atoms with E-state index in [1.165, 1.54) is 0 Å². The van der Waals surface area contributed by atoms with E-state index in [0.717, 1.165) is 5.56 Å². The fourth-order valence-corrected chi connectivity index (χ4v) is 1.98. The van der Waals surface area contributed by atoms with E-state index in [-0.39, 0.29) is 0 Å². The van der Waals surface area contributed by atoms with Crippen LogP contribution in [0.2, 0.25) is 0 Å². The van der Waals surface area contributed by atoms with Crippen molar-refractivity contribution in [3.05, 3.63) is 71.3 Å². The highest BCUT2D eigenvalue weighted by Gasteiger charge is 2.15. The van der Waals surface area contributed by atoms with Crippen molar-refractivity contribution in [2.24, 2.45) is 5.16 Å². The van der Waals surface area contributed by atoms with Gasteiger partial charge in [0, 0.05) is 11.1 Å². The molecule has 0 fully saturated rings. The maximum Gasteiger partial charge on any atom is 0.310 e. The summed E-state index contributed by atoms with van der Waals surface area (Å²) in [6.07, 6.45) is 0. The van der Waals surface area contributed by atoms with Gasteiger partial charge in [-0.05, 0) is 18.6 Å². The van der Waals surface area contributed by atoms with Crippen LogP contribution >= 0.6 is 0 Å². The molecule has 2 rings (SSSR count). The summed E-state index contributed by atoms with van der Waals surface area (Å²) < 4.78 is 0. The Morgan fingerprint density at radius 1 is 1.05 bits per heavy atom. The highest BCUT2D eigenvalue weighted by Crippen LogP contribution is 2.19. The Bertz CT molecular complexity index is 635. The van der Waals surface area contributed by atoms with Crippen LogP contribution < -0.4 is 0 Å². The topological polar surface area (TPSA) is 69.9 Å². The molecule has 0 aliphatic heterocycles. The molecule has 0 bridgehead atoms. The van der Waals surface area contributed by atoms with E-state index in [1.807, 2.05) is 30.3 Å². The molecule has 0 saturated carbocycles. The smallest absolute Gasteiger partial charge is 0.310 e.